The van der Waals surface area contributed by atoms with Crippen LogP contribution in [0.1, 0.15) is 18.7 Å². The second-order valence-electron chi connectivity index (χ2n) is 7.57. The maximum absolute atomic E-state index is 10.1. The molecule has 0 bridgehead atoms. The van der Waals surface area contributed by atoms with Crippen molar-refractivity contribution in [2.24, 2.45) is 0 Å². The van der Waals surface area contributed by atoms with Crippen molar-refractivity contribution in [1.82, 2.24) is 24.1 Å². The summed E-state index contributed by atoms with van der Waals surface area (Å²) in [5.74, 6) is 0. The Morgan fingerprint density at radius 1 is 1.06 bits per heavy atom. The number of hydrogen-bond donors (Lipinski definition) is 2. The predicted octanol–water partition coefficient (Wildman–Crippen LogP) is 4.77. The normalized spacial score (nSPS) is 12.7. The van der Waals surface area contributed by atoms with Crippen LogP contribution >= 0.6 is 23.2 Å². The maximum atomic E-state index is 10.1. The maximum Gasteiger partial charge on any atom is 0.147 e. The third-order valence-corrected chi connectivity index (χ3v) is 6.18. The number of imidazole rings is 1. The number of aromatic nitrogens is 5. The second-order valence-corrected chi connectivity index (χ2v) is 8.38. The quantitative estimate of drug-likeness (QED) is 0.388. The summed E-state index contributed by atoms with van der Waals surface area (Å²) in [6, 6.07) is 9.02. The van der Waals surface area contributed by atoms with E-state index in [0.29, 0.717) is 32.6 Å². The third kappa shape index (κ3) is 3.34. The minimum absolute atomic E-state index is 0.00308. The number of aliphatic hydroxyl groups excluding tert-OH is 2. The Balaban J connectivity index is 1.73. The molecule has 1 atom stereocenters. The van der Waals surface area contributed by atoms with E-state index in [1.54, 1.807) is 35.3 Å². The average Bonchev–Trinajstić information content (AvgIpc) is 3.43. The van der Waals surface area contributed by atoms with Gasteiger partial charge in [0.1, 0.15) is 5.65 Å². The van der Waals surface area contributed by atoms with Crippen LogP contribution in [-0.2, 0) is 6.61 Å². The minimum atomic E-state index is -0.234. The van der Waals surface area contributed by atoms with Crippen LogP contribution in [0.25, 0.3) is 38.9 Å². The first kappa shape index (κ1) is 20.9. The SMILES string of the molecule is C[C@H](CO)n1cc(-c2cnc3ccn4c(CO)c(-c5c(Cl)cccc5Cl)nc4c3c2)cn1. The Morgan fingerprint density at radius 3 is 2.56 bits per heavy atom. The highest BCUT2D eigenvalue weighted by Crippen LogP contribution is 2.37. The van der Waals surface area contributed by atoms with E-state index in [1.165, 1.54) is 0 Å². The summed E-state index contributed by atoms with van der Waals surface area (Å²) >= 11 is 12.9. The van der Waals surface area contributed by atoms with E-state index in [9.17, 15) is 10.2 Å². The van der Waals surface area contributed by atoms with E-state index in [1.807, 2.05) is 35.9 Å². The van der Waals surface area contributed by atoms with Gasteiger partial charge in [-0.25, -0.2) is 4.98 Å². The lowest BCUT2D eigenvalue weighted by atomic mass is 10.1. The molecule has 0 saturated carbocycles. The topological polar surface area (TPSA) is 88.5 Å². The molecule has 0 radical (unpaired) electrons. The molecule has 0 amide bonds. The van der Waals surface area contributed by atoms with E-state index in [4.69, 9.17) is 28.2 Å². The number of benzene rings is 1. The summed E-state index contributed by atoms with van der Waals surface area (Å²) in [5, 5.41) is 25.6. The summed E-state index contributed by atoms with van der Waals surface area (Å²) in [4.78, 5) is 9.43. The van der Waals surface area contributed by atoms with Crippen LogP contribution in [0.15, 0.2) is 55.1 Å². The predicted molar refractivity (Wildman–Crippen MR) is 125 cm³/mol. The van der Waals surface area contributed by atoms with Crippen molar-refractivity contribution in [1.29, 1.82) is 0 Å². The van der Waals surface area contributed by atoms with Crippen molar-refractivity contribution in [2.45, 2.75) is 19.6 Å². The van der Waals surface area contributed by atoms with Gasteiger partial charge in [0.25, 0.3) is 0 Å². The molecule has 162 valence electrons. The standard InChI is InChI=1S/C23H19Cl2N5O2/c1-13(11-31)30-10-15(9-27-30)14-7-16-19(26-8-14)5-6-29-20(12-32)22(28-23(16)29)21-17(24)3-2-4-18(21)25/h2-10,13,31-32H,11-12H2,1H3/t13-/m1/s1. The van der Waals surface area contributed by atoms with Gasteiger partial charge in [-0.3, -0.25) is 9.67 Å². The molecule has 4 aromatic heterocycles. The van der Waals surface area contributed by atoms with Crippen molar-refractivity contribution >= 4 is 39.8 Å². The lowest BCUT2D eigenvalue weighted by Crippen LogP contribution is -2.09. The molecule has 5 rings (SSSR count). The smallest absolute Gasteiger partial charge is 0.147 e. The molecule has 0 aliphatic carbocycles. The molecule has 0 spiro atoms. The molecule has 0 aliphatic rings. The Bertz CT molecular complexity index is 1440. The van der Waals surface area contributed by atoms with E-state index >= 15 is 0 Å². The Morgan fingerprint density at radius 2 is 1.84 bits per heavy atom. The first-order chi connectivity index (χ1) is 15.5. The van der Waals surface area contributed by atoms with Crippen LogP contribution < -0.4 is 0 Å². The molecular formula is C23H19Cl2N5O2. The monoisotopic (exact) mass is 467 g/mol. The molecular weight excluding hydrogens is 449 g/mol. The minimum Gasteiger partial charge on any atom is -0.394 e. The van der Waals surface area contributed by atoms with Crippen LogP contribution in [-0.4, -0.2) is 41.0 Å². The molecule has 2 N–H and O–H groups in total. The van der Waals surface area contributed by atoms with Crippen molar-refractivity contribution in [3.05, 3.63) is 70.9 Å². The van der Waals surface area contributed by atoms with Gasteiger partial charge < -0.3 is 14.6 Å². The molecule has 0 fully saturated rings. The zero-order valence-electron chi connectivity index (χ0n) is 17.1. The van der Waals surface area contributed by atoms with Crippen LogP contribution in [0.5, 0.6) is 0 Å². The first-order valence-electron chi connectivity index (χ1n) is 10.0. The summed E-state index contributed by atoms with van der Waals surface area (Å²) in [6.07, 6.45) is 7.24. The molecule has 0 unspecified atom stereocenters. The van der Waals surface area contributed by atoms with Gasteiger partial charge in [-0.05, 0) is 31.2 Å². The lowest BCUT2D eigenvalue weighted by Gasteiger charge is -2.07. The van der Waals surface area contributed by atoms with Crippen molar-refractivity contribution in [3.63, 3.8) is 0 Å². The number of halogens is 2. The van der Waals surface area contributed by atoms with Gasteiger partial charge in [0, 0.05) is 40.7 Å². The van der Waals surface area contributed by atoms with E-state index < -0.39 is 0 Å². The Labute approximate surface area is 193 Å². The number of pyridine rings is 2. The van der Waals surface area contributed by atoms with Gasteiger partial charge in [0.15, 0.2) is 0 Å². The first-order valence-corrected chi connectivity index (χ1v) is 10.8. The number of aliphatic hydroxyl groups is 2. The van der Waals surface area contributed by atoms with Crippen LogP contribution in [0.2, 0.25) is 10.0 Å². The van der Waals surface area contributed by atoms with Gasteiger partial charge in [-0.1, -0.05) is 29.3 Å². The van der Waals surface area contributed by atoms with Crippen LogP contribution in [0.3, 0.4) is 0 Å². The average molecular weight is 468 g/mol. The summed E-state index contributed by atoms with van der Waals surface area (Å²) in [7, 11) is 0. The summed E-state index contributed by atoms with van der Waals surface area (Å²) in [5.41, 5.74) is 4.86. The van der Waals surface area contributed by atoms with Gasteiger partial charge >= 0.3 is 0 Å². The molecule has 5 aromatic rings. The number of rotatable bonds is 5. The highest BCUT2D eigenvalue weighted by Gasteiger charge is 2.20. The van der Waals surface area contributed by atoms with E-state index in [2.05, 4.69) is 10.1 Å². The number of fused-ring (bicyclic) bond motifs is 3. The van der Waals surface area contributed by atoms with Gasteiger partial charge in [-0.15, -0.1) is 0 Å². The highest BCUT2D eigenvalue weighted by atomic mass is 35.5. The largest absolute Gasteiger partial charge is 0.394 e. The van der Waals surface area contributed by atoms with Gasteiger partial charge in [0.2, 0.25) is 0 Å². The Kier molecular flexibility index (Phi) is 5.35. The molecule has 0 saturated heterocycles. The fourth-order valence-corrected chi connectivity index (χ4v) is 4.37. The van der Waals surface area contributed by atoms with Crippen LogP contribution in [0.4, 0.5) is 0 Å². The van der Waals surface area contributed by atoms with Crippen LogP contribution in [0, 0.1) is 0 Å². The lowest BCUT2D eigenvalue weighted by molar-refractivity contribution is 0.230. The summed E-state index contributed by atoms with van der Waals surface area (Å²) in [6.45, 7) is 1.66. The van der Waals surface area contributed by atoms with Crippen molar-refractivity contribution in [3.8, 4) is 22.4 Å². The molecule has 9 heteroatoms. The van der Waals surface area contributed by atoms with E-state index in [0.717, 1.165) is 22.0 Å². The number of nitrogens with zero attached hydrogens (tertiary/aromatic N) is 5. The van der Waals surface area contributed by atoms with Gasteiger partial charge in [0.05, 0.1) is 52.4 Å². The van der Waals surface area contributed by atoms with Crippen molar-refractivity contribution < 1.29 is 10.2 Å². The van der Waals surface area contributed by atoms with Gasteiger partial charge in [-0.2, -0.15) is 5.10 Å². The summed E-state index contributed by atoms with van der Waals surface area (Å²) < 4.78 is 3.55. The molecule has 0 aliphatic heterocycles. The highest BCUT2D eigenvalue weighted by molar-refractivity contribution is 6.39. The second kappa shape index (κ2) is 8.18. The number of hydrogen-bond acceptors (Lipinski definition) is 5. The molecule has 4 heterocycles. The zero-order valence-corrected chi connectivity index (χ0v) is 18.6. The zero-order chi connectivity index (χ0) is 22.4. The third-order valence-electron chi connectivity index (χ3n) is 5.55. The molecule has 7 nitrogen and oxygen atoms in total. The Hall–Kier alpha value is -2.97. The fraction of sp³-hybridized carbons (Fsp3) is 0.174. The fourth-order valence-electron chi connectivity index (χ4n) is 3.79. The van der Waals surface area contributed by atoms with Crippen molar-refractivity contribution in [2.75, 3.05) is 6.61 Å². The molecule has 32 heavy (non-hydrogen) atoms. The van der Waals surface area contributed by atoms with E-state index in [-0.39, 0.29) is 19.3 Å². The molecule has 1 aromatic carbocycles.